The van der Waals surface area contributed by atoms with E-state index in [1.54, 1.807) is 0 Å². The summed E-state index contributed by atoms with van der Waals surface area (Å²) in [6.45, 7) is 3.12. The molecule has 2 atom stereocenters. The average Bonchev–Trinajstić information content (AvgIpc) is 2.58. The van der Waals surface area contributed by atoms with Crippen LogP contribution in [0.15, 0.2) is 24.3 Å². The molecule has 21 heavy (non-hydrogen) atoms. The lowest BCUT2D eigenvalue weighted by atomic mass is 9.79. The number of benzene rings is 1. The van der Waals surface area contributed by atoms with Crippen LogP contribution in [0.25, 0.3) is 0 Å². The minimum Gasteiger partial charge on any atom is -0.387 e. The van der Waals surface area contributed by atoms with E-state index in [-0.39, 0.29) is 6.04 Å². The number of aliphatic hydroxyl groups is 1. The fourth-order valence-corrected chi connectivity index (χ4v) is 3.61. The SMILES string of the molecule is CN1CCCN(C)C(C(O)c2cccc(C3CCC3)c2)C1. The molecule has 1 N–H and O–H groups in total. The number of hydrogen-bond donors (Lipinski definition) is 1. The van der Waals surface area contributed by atoms with Crippen molar-refractivity contribution >= 4 is 0 Å². The van der Waals surface area contributed by atoms with Gasteiger partial charge in [0.2, 0.25) is 0 Å². The molecule has 1 aromatic rings. The fourth-order valence-electron chi connectivity index (χ4n) is 3.61. The van der Waals surface area contributed by atoms with Gasteiger partial charge in [-0.2, -0.15) is 0 Å². The fraction of sp³-hybridized carbons (Fsp3) is 0.667. The molecule has 2 unspecified atom stereocenters. The van der Waals surface area contributed by atoms with Gasteiger partial charge >= 0.3 is 0 Å². The highest BCUT2D eigenvalue weighted by atomic mass is 16.3. The molecule has 3 rings (SSSR count). The molecular formula is C18H28N2O. The van der Waals surface area contributed by atoms with Gasteiger partial charge in [0.25, 0.3) is 0 Å². The van der Waals surface area contributed by atoms with Gasteiger partial charge in [-0.15, -0.1) is 0 Å². The van der Waals surface area contributed by atoms with Gasteiger partial charge in [-0.05, 0) is 63.5 Å². The predicted molar refractivity (Wildman–Crippen MR) is 86.5 cm³/mol. The van der Waals surface area contributed by atoms with Crippen LogP contribution < -0.4 is 0 Å². The topological polar surface area (TPSA) is 26.7 Å². The van der Waals surface area contributed by atoms with Crippen LogP contribution in [0.1, 0.15) is 48.8 Å². The molecule has 3 nitrogen and oxygen atoms in total. The lowest BCUT2D eigenvalue weighted by molar-refractivity contribution is 0.0571. The summed E-state index contributed by atoms with van der Waals surface area (Å²) in [6.07, 6.45) is 4.76. The molecule has 0 aromatic heterocycles. The van der Waals surface area contributed by atoms with Crippen LogP contribution in [0.3, 0.4) is 0 Å². The summed E-state index contributed by atoms with van der Waals surface area (Å²) in [4.78, 5) is 4.66. The number of rotatable bonds is 3. The van der Waals surface area contributed by atoms with E-state index in [0.717, 1.165) is 31.1 Å². The maximum absolute atomic E-state index is 10.9. The lowest BCUT2D eigenvalue weighted by Crippen LogP contribution is -2.42. The maximum atomic E-state index is 10.9. The molecule has 0 radical (unpaired) electrons. The van der Waals surface area contributed by atoms with E-state index in [4.69, 9.17) is 0 Å². The van der Waals surface area contributed by atoms with Gasteiger partial charge in [0.1, 0.15) is 0 Å². The van der Waals surface area contributed by atoms with Gasteiger partial charge in [0.15, 0.2) is 0 Å². The predicted octanol–water partition coefficient (Wildman–Crippen LogP) is 2.62. The molecule has 0 amide bonds. The van der Waals surface area contributed by atoms with E-state index in [2.05, 4.69) is 48.2 Å². The Bertz CT molecular complexity index is 472. The van der Waals surface area contributed by atoms with Gasteiger partial charge in [-0.25, -0.2) is 0 Å². The Morgan fingerprint density at radius 3 is 2.67 bits per heavy atom. The van der Waals surface area contributed by atoms with E-state index < -0.39 is 6.10 Å². The molecule has 1 aromatic carbocycles. The summed E-state index contributed by atoms with van der Waals surface area (Å²) in [5, 5.41) is 10.9. The van der Waals surface area contributed by atoms with Crippen molar-refractivity contribution in [1.82, 2.24) is 9.80 Å². The van der Waals surface area contributed by atoms with Crippen LogP contribution in [0, 0.1) is 0 Å². The quantitative estimate of drug-likeness (QED) is 0.926. The Kier molecular flexibility index (Phi) is 4.63. The summed E-state index contributed by atoms with van der Waals surface area (Å²) in [6, 6.07) is 8.86. The van der Waals surface area contributed by atoms with Crippen molar-refractivity contribution in [2.24, 2.45) is 0 Å². The highest BCUT2D eigenvalue weighted by Crippen LogP contribution is 2.37. The molecule has 3 heteroatoms. The van der Waals surface area contributed by atoms with Crippen LogP contribution >= 0.6 is 0 Å². The van der Waals surface area contributed by atoms with Crippen molar-refractivity contribution in [3.63, 3.8) is 0 Å². The normalized spacial score (nSPS) is 27.1. The molecule has 1 aliphatic heterocycles. The molecular weight excluding hydrogens is 260 g/mol. The Morgan fingerprint density at radius 2 is 1.95 bits per heavy atom. The van der Waals surface area contributed by atoms with E-state index in [0.29, 0.717) is 0 Å². The zero-order valence-electron chi connectivity index (χ0n) is 13.3. The second-order valence-corrected chi connectivity index (χ2v) is 6.91. The first-order chi connectivity index (χ1) is 10.1. The molecule has 1 saturated heterocycles. The van der Waals surface area contributed by atoms with Crippen molar-refractivity contribution in [3.05, 3.63) is 35.4 Å². The number of hydrogen-bond acceptors (Lipinski definition) is 3. The summed E-state index contributed by atoms with van der Waals surface area (Å²) < 4.78 is 0. The molecule has 2 aliphatic rings. The van der Waals surface area contributed by atoms with Gasteiger partial charge in [-0.1, -0.05) is 30.7 Å². The molecule has 0 bridgehead atoms. The zero-order valence-corrected chi connectivity index (χ0v) is 13.3. The highest BCUT2D eigenvalue weighted by molar-refractivity contribution is 5.29. The standard InChI is InChI=1S/C18H28N2O/c1-19-10-5-11-20(2)17(13-19)18(21)16-9-4-8-15(12-16)14-6-3-7-14/h4,8-9,12,14,17-18,21H,3,5-7,10-11,13H2,1-2H3. The first-order valence-electron chi connectivity index (χ1n) is 8.32. The average molecular weight is 288 g/mol. The second-order valence-electron chi connectivity index (χ2n) is 6.91. The van der Waals surface area contributed by atoms with Gasteiger partial charge < -0.3 is 10.0 Å². The molecule has 1 saturated carbocycles. The van der Waals surface area contributed by atoms with Crippen molar-refractivity contribution in [2.75, 3.05) is 33.7 Å². The molecule has 2 fully saturated rings. The first kappa shape index (κ1) is 15.0. The number of nitrogens with zero attached hydrogens (tertiary/aromatic N) is 2. The summed E-state index contributed by atoms with van der Waals surface area (Å²) in [7, 11) is 4.30. The minimum atomic E-state index is -0.393. The molecule has 1 aliphatic carbocycles. The lowest BCUT2D eigenvalue weighted by Gasteiger charge is -2.32. The van der Waals surface area contributed by atoms with Crippen LogP contribution in [-0.4, -0.2) is 54.7 Å². The van der Waals surface area contributed by atoms with Gasteiger partial charge in [-0.3, -0.25) is 4.90 Å². The minimum absolute atomic E-state index is 0.189. The summed E-state index contributed by atoms with van der Waals surface area (Å²) >= 11 is 0. The Balaban J connectivity index is 1.77. The van der Waals surface area contributed by atoms with E-state index >= 15 is 0 Å². The van der Waals surface area contributed by atoms with Crippen LogP contribution in [-0.2, 0) is 0 Å². The smallest absolute Gasteiger partial charge is 0.0957 e. The van der Waals surface area contributed by atoms with Crippen molar-refractivity contribution in [3.8, 4) is 0 Å². The Labute approximate surface area is 128 Å². The maximum Gasteiger partial charge on any atom is 0.0957 e. The van der Waals surface area contributed by atoms with Crippen molar-refractivity contribution in [2.45, 2.75) is 43.7 Å². The summed E-state index contributed by atoms with van der Waals surface area (Å²) in [5.41, 5.74) is 2.51. The third-order valence-corrected chi connectivity index (χ3v) is 5.31. The first-order valence-corrected chi connectivity index (χ1v) is 8.32. The summed E-state index contributed by atoms with van der Waals surface area (Å²) in [5.74, 6) is 0.728. The van der Waals surface area contributed by atoms with Gasteiger partial charge in [0, 0.05) is 6.54 Å². The van der Waals surface area contributed by atoms with E-state index in [1.165, 1.54) is 31.2 Å². The third-order valence-electron chi connectivity index (χ3n) is 5.31. The Hall–Kier alpha value is -0.900. The van der Waals surface area contributed by atoms with E-state index in [9.17, 15) is 5.11 Å². The zero-order chi connectivity index (χ0) is 14.8. The molecule has 0 spiro atoms. The van der Waals surface area contributed by atoms with Crippen LogP contribution in [0.4, 0.5) is 0 Å². The monoisotopic (exact) mass is 288 g/mol. The molecule has 116 valence electrons. The van der Waals surface area contributed by atoms with Crippen molar-refractivity contribution in [1.29, 1.82) is 0 Å². The van der Waals surface area contributed by atoms with Gasteiger partial charge in [0.05, 0.1) is 12.1 Å². The molecule has 1 heterocycles. The number of aliphatic hydroxyl groups excluding tert-OH is 1. The van der Waals surface area contributed by atoms with Crippen molar-refractivity contribution < 1.29 is 5.11 Å². The van der Waals surface area contributed by atoms with Crippen LogP contribution in [0.2, 0.25) is 0 Å². The number of likely N-dealkylation sites (N-methyl/N-ethyl adjacent to an activating group) is 2. The van der Waals surface area contributed by atoms with E-state index in [1.807, 2.05) is 0 Å². The largest absolute Gasteiger partial charge is 0.387 e. The Morgan fingerprint density at radius 1 is 1.14 bits per heavy atom. The highest BCUT2D eigenvalue weighted by Gasteiger charge is 2.29. The van der Waals surface area contributed by atoms with Crippen LogP contribution in [0.5, 0.6) is 0 Å². The third kappa shape index (κ3) is 3.31. The second kappa shape index (κ2) is 6.47.